The summed E-state index contributed by atoms with van der Waals surface area (Å²) in [4.78, 5) is 4.07. The molecule has 0 bridgehead atoms. The Balaban J connectivity index is 2.18. The van der Waals surface area contributed by atoms with Gasteiger partial charge in [0.2, 0.25) is 0 Å². The smallest absolute Gasteiger partial charge is 0.276 e. The minimum atomic E-state index is -3.77. The number of sulfonamides is 1. The topological polar surface area (TPSA) is 119 Å². The standard InChI is InChI=1S/C10H19N5O4S2/c1-3-13-8-10(12-9(13)2)20(16,17)14-4-6-15(7-5-14)21(11,18)19/h8H,3-7H2,1-2H3,(H2,11,18,19). The van der Waals surface area contributed by atoms with Crippen LogP contribution in [0.5, 0.6) is 0 Å². The number of hydrogen-bond donors (Lipinski definition) is 1. The first-order chi connectivity index (χ1) is 9.66. The Hall–Kier alpha value is -1.01. The Morgan fingerprint density at radius 2 is 1.67 bits per heavy atom. The predicted octanol–water partition coefficient (Wildman–Crippen LogP) is -1.28. The summed E-state index contributed by atoms with van der Waals surface area (Å²) in [5.41, 5.74) is 0. The van der Waals surface area contributed by atoms with Gasteiger partial charge in [-0.3, -0.25) is 0 Å². The molecule has 1 aliphatic heterocycles. The van der Waals surface area contributed by atoms with Gasteiger partial charge in [-0.2, -0.15) is 17.0 Å². The fourth-order valence-electron chi connectivity index (χ4n) is 2.22. The lowest BCUT2D eigenvalue weighted by molar-refractivity contribution is 0.272. The lowest BCUT2D eigenvalue weighted by Crippen LogP contribution is -2.52. The maximum Gasteiger partial charge on any atom is 0.276 e. The quantitative estimate of drug-likeness (QED) is 0.734. The third-order valence-corrected chi connectivity index (χ3v) is 6.31. The summed E-state index contributed by atoms with van der Waals surface area (Å²) < 4.78 is 51.4. The van der Waals surface area contributed by atoms with Crippen molar-refractivity contribution in [2.45, 2.75) is 25.4 Å². The van der Waals surface area contributed by atoms with E-state index in [1.807, 2.05) is 6.92 Å². The lowest BCUT2D eigenvalue weighted by atomic mass is 10.4. The van der Waals surface area contributed by atoms with Crippen molar-refractivity contribution in [3.05, 3.63) is 12.0 Å². The zero-order valence-corrected chi connectivity index (χ0v) is 13.6. The molecule has 0 aliphatic carbocycles. The van der Waals surface area contributed by atoms with E-state index in [-0.39, 0.29) is 31.2 Å². The second kappa shape index (κ2) is 5.65. The number of piperazine rings is 1. The third kappa shape index (κ3) is 3.26. The largest absolute Gasteiger partial charge is 0.334 e. The van der Waals surface area contributed by atoms with E-state index in [1.165, 1.54) is 10.5 Å². The van der Waals surface area contributed by atoms with Gasteiger partial charge in [0.05, 0.1) is 0 Å². The molecule has 0 atom stereocenters. The minimum absolute atomic E-state index is 0.00842. The number of rotatable bonds is 4. The van der Waals surface area contributed by atoms with Gasteiger partial charge in [-0.1, -0.05) is 0 Å². The Morgan fingerprint density at radius 1 is 1.14 bits per heavy atom. The first-order valence-corrected chi connectivity index (χ1v) is 9.42. The van der Waals surface area contributed by atoms with Crippen LogP contribution in [-0.2, 0) is 26.8 Å². The van der Waals surface area contributed by atoms with Crippen molar-refractivity contribution in [2.75, 3.05) is 26.2 Å². The van der Waals surface area contributed by atoms with Crippen molar-refractivity contribution in [3.63, 3.8) is 0 Å². The number of imidazole rings is 1. The molecular weight excluding hydrogens is 318 g/mol. The maximum absolute atomic E-state index is 12.5. The Bertz CT molecular complexity index is 717. The lowest BCUT2D eigenvalue weighted by Gasteiger charge is -2.31. The summed E-state index contributed by atoms with van der Waals surface area (Å²) in [7, 11) is -7.48. The molecule has 1 fully saturated rings. The minimum Gasteiger partial charge on any atom is -0.334 e. The molecule has 0 spiro atoms. The average molecular weight is 337 g/mol. The molecule has 1 saturated heterocycles. The highest BCUT2D eigenvalue weighted by Crippen LogP contribution is 2.17. The molecule has 2 heterocycles. The monoisotopic (exact) mass is 337 g/mol. The number of nitrogens with zero attached hydrogens (tertiary/aromatic N) is 4. The summed E-state index contributed by atoms with van der Waals surface area (Å²) >= 11 is 0. The van der Waals surface area contributed by atoms with Gasteiger partial charge in [0.25, 0.3) is 20.2 Å². The van der Waals surface area contributed by atoms with Gasteiger partial charge >= 0.3 is 0 Å². The predicted molar refractivity (Wildman–Crippen MR) is 76.1 cm³/mol. The zero-order chi connectivity index (χ0) is 15.8. The third-order valence-electron chi connectivity index (χ3n) is 3.46. The van der Waals surface area contributed by atoms with Crippen molar-refractivity contribution in [1.29, 1.82) is 0 Å². The van der Waals surface area contributed by atoms with E-state index >= 15 is 0 Å². The SMILES string of the molecule is CCn1cc(S(=O)(=O)N2CCN(S(N)(=O)=O)CC2)nc1C. The van der Waals surface area contributed by atoms with Crippen LogP contribution >= 0.6 is 0 Å². The van der Waals surface area contributed by atoms with E-state index in [0.717, 1.165) is 4.31 Å². The van der Waals surface area contributed by atoms with Gasteiger partial charge in [-0.05, 0) is 13.8 Å². The van der Waals surface area contributed by atoms with E-state index in [4.69, 9.17) is 5.14 Å². The van der Waals surface area contributed by atoms with Crippen molar-refractivity contribution in [3.8, 4) is 0 Å². The first-order valence-electron chi connectivity index (χ1n) is 6.48. The fourth-order valence-corrected chi connectivity index (χ4v) is 4.31. The van der Waals surface area contributed by atoms with E-state index in [0.29, 0.717) is 12.4 Å². The fraction of sp³-hybridized carbons (Fsp3) is 0.700. The van der Waals surface area contributed by atoms with Crippen LogP contribution in [0.15, 0.2) is 11.2 Å². The molecule has 1 aromatic rings. The van der Waals surface area contributed by atoms with Crippen molar-refractivity contribution in [1.82, 2.24) is 18.2 Å². The summed E-state index contributed by atoms with van der Waals surface area (Å²) in [6.45, 7) is 4.50. The van der Waals surface area contributed by atoms with Crippen molar-refractivity contribution >= 4 is 20.2 Å². The van der Waals surface area contributed by atoms with Crippen LogP contribution in [0.3, 0.4) is 0 Å². The van der Waals surface area contributed by atoms with Crippen LogP contribution in [-0.4, -0.2) is 61.2 Å². The molecule has 9 nitrogen and oxygen atoms in total. The Labute approximate surface area is 124 Å². The summed E-state index contributed by atoms with van der Waals surface area (Å²) in [6, 6.07) is 0. The molecule has 2 N–H and O–H groups in total. The molecule has 0 aromatic carbocycles. The number of aromatic nitrogens is 2. The molecule has 0 amide bonds. The summed E-state index contributed by atoms with van der Waals surface area (Å²) in [5, 5.41) is 5.02. The van der Waals surface area contributed by atoms with Crippen LogP contribution in [0.25, 0.3) is 0 Å². The van der Waals surface area contributed by atoms with Gasteiger partial charge in [-0.25, -0.2) is 18.5 Å². The normalized spacial score (nSPS) is 19.0. The molecule has 0 saturated carbocycles. The average Bonchev–Trinajstić information content (AvgIpc) is 2.80. The van der Waals surface area contributed by atoms with Gasteiger partial charge in [0, 0.05) is 38.9 Å². The highest BCUT2D eigenvalue weighted by atomic mass is 32.2. The van der Waals surface area contributed by atoms with Crippen LogP contribution in [0.2, 0.25) is 0 Å². The number of hydrogen-bond acceptors (Lipinski definition) is 5. The molecule has 120 valence electrons. The second-order valence-corrected chi connectivity index (χ2v) is 8.19. The van der Waals surface area contributed by atoms with E-state index in [9.17, 15) is 16.8 Å². The summed E-state index contributed by atoms with van der Waals surface area (Å²) in [6.07, 6.45) is 1.50. The summed E-state index contributed by atoms with van der Waals surface area (Å²) in [5.74, 6) is 0.624. The zero-order valence-electron chi connectivity index (χ0n) is 11.9. The highest BCUT2D eigenvalue weighted by Gasteiger charge is 2.33. The van der Waals surface area contributed by atoms with Crippen molar-refractivity contribution < 1.29 is 16.8 Å². The number of aryl methyl sites for hydroxylation is 2. The van der Waals surface area contributed by atoms with Crippen LogP contribution in [0, 0.1) is 6.92 Å². The maximum atomic E-state index is 12.5. The van der Waals surface area contributed by atoms with Gasteiger partial charge in [0.1, 0.15) is 5.82 Å². The molecule has 0 unspecified atom stereocenters. The second-order valence-electron chi connectivity index (χ2n) is 4.76. The van der Waals surface area contributed by atoms with Crippen molar-refractivity contribution in [2.24, 2.45) is 5.14 Å². The Kier molecular flexibility index (Phi) is 4.40. The molecule has 21 heavy (non-hydrogen) atoms. The molecule has 0 radical (unpaired) electrons. The molecule has 1 aliphatic rings. The molecule has 2 rings (SSSR count). The highest BCUT2D eigenvalue weighted by molar-refractivity contribution is 7.89. The van der Waals surface area contributed by atoms with Gasteiger partial charge < -0.3 is 4.57 Å². The van der Waals surface area contributed by atoms with Crippen LogP contribution in [0.4, 0.5) is 0 Å². The van der Waals surface area contributed by atoms with Crippen LogP contribution in [0.1, 0.15) is 12.7 Å². The van der Waals surface area contributed by atoms with E-state index in [2.05, 4.69) is 4.98 Å². The first kappa shape index (κ1) is 16.4. The van der Waals surface area contributed by atoms with Gasteiger partial charge in [0.15, 0.2) is 5.03 Å². The molecule has 1 aromatic heterocycles. The van der Waals surface area contributed by atoms with E-state index < -0.39 is 20.2 Å². The Morgan fingerprint density at radius 3 is 2.10 bits per heavy atom. The molecular formula is C10H19N5O4S2. The molecule has 11 heteroatoms. The van der Waals surface area contributed by atoms with Gasteiger partial charge in [-0.15, -0.1) is 0 Å². The van der Waals surface area contributed by atoms with Crippen LogP contribution < -0.4 is 5.14 Å². The number of nitrogens with two attached hydrogens (primary N) is 1. The van der Waals surface area contributed by atoms with E-state index in [1.54, 1.807) is 11.5 Å².